The predicted octanol–water partition coefficient (Wildman–Crippen LogP) is 0.178. The van der Waals surface area contributed by atoms with Crippen LogP contribution in [0.4, 0.5) is 0 Å². The molecule has 96 valence electrons. The highest BCUT2D eigenvalue weighted by molar-refractivity contribution is 5.85. The lowest BCUT2D eigenvalue weighted by Crippen LogP contribution is -2.51. The van der Waals surface area contributed by atoms with E-state index < -0.39 is 5.54 Å². The third-order valence-electron chi connectivity index (χ3n) is 1.91. The molecule has 0 aromatic heterocycles. The van der Waals surface area contributed by atoms with Gasteiger partial charge in [0.2, 0.25) is 11.8 Å². The molecule has 0 heterocycles. The van der Waals surface area contributed by atoms with Gasteiger partial charge in [-0.25, -0.2) is 0 Å². The fourth-order valence-electron chi connectivity index (χ4n) is 0.967. The summed E-state index contributed by atoms with van der Waals surface area (Å²) in [7, 11) is 0. The monoisotopic (exact) mass is 251 g/mol. The predicted molar refractivity (Wildman–Crippen MR) is 66.4 cm³/mol. The van der Waals surface area contributed by atoms with E-state index in [9.17, 15) is 9.59 Å². The van der Waals surface area contributed by atoms with Crippen molar-refractivity contribution in [3.8, 4) is 0 Å². The van der Waals surface area contributed by atoms with Crippen LogP contribution in [-0.4, -0.2) is 30.4 Å². The van der Waals surface area contributed by atoms with Crippen molar-refractivity contribution in [3.05, 3.63) is 0 Å². The van der Waals surface area contributed by atoms with Crippen molar-refractivity contribution >= 4 is 24.2 Å². The van der Waals surface area contributed by atoms with E-state index in [0.717, 1.165) is 6.42 Å². The van der Waals surface area contributed by atoms with Crippen LogP contribution in [-0.2, 0) is 9.59 Å². The molecule has 0 saturated carbocycles. The normalized spacial score (nSPS) is 10.2. The largest absolute Gasteiger partial charge is 0.348 e. The molecule has 0 saturated heterocycles. The van der Waals surface area contributed by atoms with E-state index in [1.54, 1.807) is 0 Å². The van der Waals surface area contributed by atoms with Gasteiger partial charge in [0.1, 0.15) is 0 Å². The summed E-state index contributed by atoms with van der Waals surface area (Å²) in [6.07, 6.45) is 1.23. The van der Waals surface area contributed by atoms with Crippen molar-refractivity contribution in [2.45, 2.75) is 39.2 Å². The number of hydrogen-bond acceptors (Lipinski definition) is 3. The first-order valence-corrected chi connectivity index (χ1v) is 5.19. The van der Waals surface area contributed by atoms with Gasteiger partial charge in [-0.3, -0.25) is 9.59 Å². The Balaban J connectivity index is 0. The van der Waals surface area contributed by atoms with Crippen molar-refractivity contribution in [3.63, 3.8) is 0 Å². The van der Waals surface area contributed by atoms with Crippen LogP contribution in [0.15, 0.2) is 0 Å². The molecule has 0 aliphatic rings. The third-order valence-corrected chi connectivity index (χ3v) is 1.91. The molecular weight excluding hydrogens is 230 g/mol. The fourth-order valence-corrected chi connectivity index (χ4v) is 0.967. The SMILES string of the molecule is CCCC(=O)NCC(=O)NC(C)(C)CN.Cl. The molecule has 6 heteroatoms. The standard InChI is InChI=1S/C10H21N3O2.ClH/c1-4-5-8(14)12-6-9(15)13-10(2,3)7-11;/h4-7,11H2,1-3H3,(H,12,14)(H,13,15);1H. The van der Waals surface area contributed by atoms with Crippen molar-refractivity contribution in [1.29, 1.82) is 0 Å². The summed E-state index contributed by atoms with van der Waals surface area (Å²) in [5, 5.41) is 5.26. The first-order valence-electron chi connectivity index (χ1n) is 5.19. The lowest BCUT2D eigenvalue weighted by atomic mass is 10.1. The summed E-state index contributed by atoms with van der Waals surface area (Å²) in [5.74, 6) is -0.312. The number of carbonyl (C=O) groups is 2. The number of carbonyl (C=O) groups excluding carboxylic acids is 2. The molecule has 0 radical (unpaired) electrons. The second kappa shape index (κ2) is 8.35. The number of hydrogen-bond donors (Lipinski definition) is 3. The average molecular weight is 252 g/mol. The number of rotatable bonds is 6. The Bertz CT molecular complexity index is 232. The second-order valence-corrected chi connectivity index (χ2v) is 4.16. The maximum Gasteiger partial charge on any atom is 0.239 e. The van der Waals surface area contributed by atoms with Gasteiger partial charge in [0.15, 0.2) is 0 Å². The molecule has 0 unspecified atom stereocenters. The molecule has 0 aromatic carbocycles. The molecule has 0 atom stereocenters. The minimum Gasteiger partial charge on any atom is -0.348 e. The van der Waals surface area contributed by atoms with Crippen molar-refractivity contribution < 1.29 is 9.59 Å². The Morgan fingerprint density at radius 1 is 1.25 bits per heavy atom. The van der Waals surface area contributed by atoms with Gasteiger partial charge in [0.25, 0.3) is 0 Å². The highest BCUT2D eigenvalue weighted by atomic mass is 35.5. The molecule has 0 fully saturated rings. The quantitative estimate of drug-likeness (QED) is 0.630. The van der Waals surface area contributed by atoms with Gasteiger partial charge < -0.3 is 16.4 Å². The van der Waals surface area contributed by atoms with E-state index in [4.69, 9.17) is 5.73 Å². The average Bonchev–Trinajstić information content (AvgIpc) is 2.15. The van der Waals surface area contributed by atoms with Gasteiger partial charge in [-0.2, -0.15) is 0 Å². The van der Waals surface area contributed by atoms with E-state index in [2.05, 4.69) is 10.6 Å². The van der Waals surface area contributed by atoms with Crippen LogP contribution in [0.3, 0.4) is 0 Å². The van der Waals surface area contributed by atoms with Crippen LogP contribution < -0.4 is 16.4 Å². The zero-order chi connectivity index (χ0) is 11.9. The van der Waals surface area contributed by atoms with E-state index >= 15 is 0 Å². The van der Waals surface area contributed by atoms with Crippen LogP contribution in [0.5, 0.6) is 0 Å². The summed E-state index contributed by atoms with van der Waals surface area (Å²) < 4.78 is 0. The van der Waals surface area contributed by atoms with Gasteiger partial charge in [0.05, 0.1) is 6.54 Å². The Labute approximate surface area is 103 Å². The van der Waals surface area contributed by atoms with E-state index in [0.29, 0.717) is 13.0 Å². The maximum atomic E-state index is 11.3. The van der Waals surface area contributed by atoms with E-state index in [-0.39, 0.29) is 30.8 Å². The zero-order valence-electron chi connectivity index (χ0n) is 10.1. The first kappa shape index (κ1) is 17.6. The smallest absolute Gasteiger partial charge is 0.239 e. The van der Waals surface area contributed by atoms with Crippen LogP contribution in [0.1, 0.15) is 33.6 Å². The molecule has 2 amide bonds. The minimum absolute atomic E-state index is 0. The summed E-state index contributed by atoms with van der Waals surface area (Å²) in [6.45, 7) is 5.96. The van der Waals surface area contributed by atoms with Gasteiger partial charge in [-0.05, 0) is 20.3 Å². The van der Waals surface area contributed by atoms with Gasteiger partial charge in [-0.15, -0.1) is 12.4 Å². The second-order valence-electron chi connectivity index (χ2n) is 4.16. The highest BCUT2D eigenvalue weighted by Gasteiger charge is 2.17. The molecule has 0 bridgehead atoms. The Morgan fingerprint density at radius 2 is 1.81 bits per heavy atom. The lowest BCUT2D eigenvalue weighted by Gasteiger charge is -2.24. The zero-order valence-corrected chi connectivity index (χ0v) is 10.9. The van der Waals surface area contributed by atoms with Crippen molar-refractivity contribution in [2.75, 3.05) is 13.1 Å². The molecule has 0 aliphatic carbocycles. The van der Waals surface area contributed by atoms with E-state index in [1.165, 1.54) is 0 Å². The molecule has 5 nitrogen and oxygen atoms in total. The Morgan fingerprint density at radius 3 is 2.25 bits per heavy atom. The van der Waals surface area contributed by atoms with Crippen molar-refractivity contribution in [2.24, 2.45) is 5.73 Å². The van der Waals surface area contributed by atoms with Crippen LogP contribution >= 0.6 is 12.4 Å². The lowest BCUT2D eigenvalue weighted by molar-refractivity contribution is -0.126. The summed E-state index contributed by atoms with van der Waals surface area (Å²) in [6, 6.07) is 0. The molecular formula is C10H22ClN3O2. The van der Waals surface area contributed by atoms with Crippen molar-refractivity contribution in [1.82, 2.24) is 10.6 Å². The summed E-state index contributed by atoms with van der Waals surface area (Å²) in [4.78, 5) is 22.4. The number of nitrogens with two attached hydrogens (primary N) is 1. The third kappa shape index (κ3) is 8.49. The molecule has 0 spiro atoms. The molecule has 0 rings (SSSR count). The molecule has 16 heavy (non-hydrogen) atoms. The molecule has 0 aliphatic heterocycles. The Hall–Kier alpha value is -0.810. The van der Waals surface area contributed by atoms with E-state index in [1.807, 2.05) is 20.8 Å². The number of halogens is 1. The molecule has 4 N–H and O–H groups in total. The van der Waals surface area contributed by atoms with Crippen LogP contribution in [0.2, 0.25) is 0 Å². The topological polar surface area (TPSA) is 84.2 Å². The van der Waals surface area contributed by atoms with Gasteiger partial charge in [-0.1, -0.05) is 6.92 Å². The summed E-state index contributed by atoms with van der Waals surface area (Å²) >= 11 is 0. The minimum atomic E-state index is -0.424. The first-order chi connectivity index (χ1) is 6.91. The van der Waals surface area contributed by atoms with Gasteiger partial charge in [0, 0.05) is 18.5 Å². The van der Waals surface area contributed by atoms with Crippen LogP contribution in [0.25, 0.3) is 0 Å². The van der Waals surface area contributed by atoms with Gasteiger partial charge >= 0.3 is 0 Å². The highest BCUT2D eigenvalue weighted by Crippen LogP contribution is 1.97. The fraction of sp³-hybridized carbons (Fsp3) is 0.800. The van der Waals surface area contributed by atoms with Crippen LogP contribution in [0, 0.1) is 0 Å². The number of nitrogens with one attached hydrogen (secondary N) is 2. The Kier molecular flexibility index (Phi) is 9.18. The molecule has 0 aromatic rings. The number of amides is 2. The maximum absolute atomic E-state index is 11.3. The summed E-state index contributed by atoms with van der Waals surface area (Å²) in [5.41, 5.74) is 5.03.